The maximum Gasteiger partial charge on any atom is 0.239 e. The van der Waals surface area contributed by atoms with E-state index in [1.54, 1.807) is 9.80 Å². The zero-order valence-electron chi connectivity index (χ0n) is 9.13. The lowest BCUT2D eigenvalue weighted by molar-refractivity contribution is -0.136. The Morgan fingerprint density at radius 2 is 2.00 bits per heavy atom. The first-order valence-electron chi connectivity index (χ1n) is 5.60. The number of piperazine rings is 1. The maximum absolute atomic E-state index is 12.0. The lowest BCUT2D eigenvalue weighted by Crippen LogP contribution is -2.52. The highest BCUT2D eigenvalue weighted by Gasteiger charge is 2.32. The van der Waals surface area contributed by atoms with E-state index in [-0.39, 0.29) is 11.9 Å². The van der Waals surface area contributed by atoms with Crippen molar-refractivity contribution in [3.05, 3.63) is 0 Å². The van der Waals surface area contributed by atoms with Gasteiger partial charge in [-0.2, -0.15) is 0 Å². The molecule has 90 valence electrons. The lowest BCUT2D eigenvalue weighted by atomic mass is 10.1. The van der Waals surface area contributed by atoms with Crippen LogP contribution in [0.25, 0.3) is 0 Å². The van der Waals surface area contributed by atoms with Crippen LogP contribution < -0.4 is 5.32 Å². The molecule has 2 saturated heterocycles. The number of aliphatic hydroxyl groups is 1. The first-order valence-corrected chi connectivity index (χ1v) is 5.60. The van der Waals surface area contributed by atoms with E-state index in [4.69, 9.17) is 0 Å². The molecular formula is C10H17N3O3. The van der Waals surface area contributed by atoms with Gasteiger partial charge >= 0.3 is 0 Å². The SMILES string of the molecule is O=CN1CCN(C(=O)[C@H]2C[C@H](O)CN2)CC1. The number of carbonyl (C=O) groups is 2. The lowest BCUT2D eigenvalue weighted by Gasteiger charge is -2.34. The van der Waals surface area contributed by atoms with Crippen LogP contribution in [0, 0.1) is 0 Å². The van der Waals surface area contributed by atoms with Gasteiger partial charge in [0, 0.05) is 32.7 Å². The molecule has 2 fully saturated rings. The fraction of sp³-hybridized carbons (Fsp3) is 0.800. The molecule has 2 aliphatic rings. The van der Waals surface area contributed by atoms with Crippen LogP contribution in [0.4, 0.5) is 0 Å². The second kappa shape index (κ2) is 4.80. The number of nitrogens with one attached hydrogen (secondary N) is 1. The van der Waals surface area contributed by atoms with Crippen LogP contribution >= 0.6 is 0 Å². The molecule has 0 aromatic rings. The molecule has 0 aliphatic carbocycles. The van der Waals surface area contributed by atoms with Crippen LogP contribution in [0.1, 0.15) is 6.42 Å². The Hall–Kier alpha value is -1.14. The Morgan fingerprint density at radius 3 is 2.50 bits per heavy atom. The highest BCUT2D eigenvalue weighted by Crippen LogP contribution is 2.11. The van der Waals surface area contributed by atoms with Gasteiger partial charge < -0.3 is 20.2 Å². The van der Waals surface area contributed by atoms with Crippen LogP contribution in [0.15, 0.2) is 0 Å². The molecule has 0 aromatic carbocycles. The summed E-state index contributed by atoms with van der Waals surface area (Å²) in [6.45, 7) is 2.87. The predicted molar refractivity (Wildman–Crippen MR) is 56.6 cm³/mol. The first kappa shape index (κ1) is 11.3. The molecule has 16 heavy (non-hydrogen) atoms. The van der Waals surface area contributed by atoms with E-state index >= 15 is 0 Å². The summed E-state index contributed by atoms with van der Waals surface area (Å²) in [6.07, 6.45) is 0.900. The summed E-state index contributed by atoms with van der Waals surface area (Å²) in [5.74, 6) is 0.0436. The zero-order valence-corrected chi connectivity index (χ0v) is 9.13. The average molecular weight is 227 g/mol. The van der Waals surface area contributed by atoms with Crippen molar-refractivity contribution in [1.29, 1.82) is 0 Å². The van der Waals surface area contributed by atoms with Crippen molar-refractivity contribution in [3.63, 3.8) is 0 Å². The van der Waals surface area contributed by atoms with Crippen molar-refractivity contribution >= 4 is 12.3 Å². The zero-order chi connectivity index (χ0) is 11.5. The Bertz CT molecular complexity index is 276. The van der Waals surface area contributed by atoms with Crippen LogP contribution in [-0.2, 0) is 9.59 Å². The molecule has 0 spiro atoms. The minimum atomic E-state index is -0.412. The van der Waals surface area contributed by atoms with E-state index in [9.17, 15) is 14.7 Å². The molecule has 0 bridgehead atoms. The Balaban J connectivity index is 1.84. The normalized spacial score (nSPS) is 30.6. The van der Waals surface area contributed by atoms with Crippen LogP contribution in [0.5, 0.6) is 0 Å². The third-order valence-electron chi connectivity index (χ3n) is 3.18. The fourth-order valence-corrected chi connectivity index (χ4v) is 2.17. The number of hydrogen-bond donors (Lipinski definition) is 2. The van der Waals surface area contributed by atoms with Crippen molar-refractivity contribution in [3.8, 4) is 0 Å². The summed E-state index contributed by atoms with van der Waals surface area (Å²) in [7, 11) is 0. The highest BCUT2D eigenvalue weighted by atomic mass is 16.3. The van der Waals surface area contributed by atoms with Crippen molar-refractivity contribution in [2.24, 2.45) is 0 Å². The summed E-state index contributed by atoms with van der Waals surface area (Å²) in [5, 5.41) is 12.3. The second-order valence-electron chi connectivity index (χ2n) is 4.32. The van der Waals surface area contributed by atoms with Crippen molar-refractivity contribution in [1.82, 2.24) is 15.1 Å². The Morgan fingerprint density at radius 1 is 1.31 bits per heavy atom. The number of carbonyl (C=O) groups excluding carboxylic acids is 2. The van der Waals surface area contributed by atoms with Crippen molar-refractivity contribution in [2.45, 2.75) is 18.6 Å². The monoisotopic (exact) mass is 227 g/mol. The standard InChI is InChI=1S/C10H17N3O3/c14-7-12-1-3-13(4-2-12)10(16)9-5-8(15)6-11-9/h7-9,11,15H,1-6H2/t8-,9+/m0/s1. The molecule has 2 heterocycles. The molecule has 2 atom stereocenters. The van der Waals surface area contributed by atoms with E-state index in [1.807, 2.05) is 0 Å². The van der Waals surface area contributed by atoms with Gasteiger partial charge in [-0.3, -0.25) is 9.59 Å². The number of rotatable bonds is 2. The van der Waals surface area contributed by atoms with Crippen LogP contribution in [0.3, 0.4) is 0 Å². The molecule has 0 radical (unpaired) electrons. The van der Waals surface area contributed by atoms with Gasteiger partial charge in [-0.05, 0) is 6.42 Å². The molecule has 2 aliphatic heterocycles. The van der Waals surface area contributed by atoms with E-state index in [2.05, 4.69) is 5.32 Å². The third-order valence-corrected chi connectivity index (χ3v) is 3.18. The molecule has 2 rings (SSSR count). The largest absolute Gasteiger partial charge is 0.392 e. The van der Waals surface area contributed by atoms with Crippen LogP contribution in [0.2, 0.25) is 0 Å². The summed E-state index contributed by atoms with van der Waals surface area (Å²) < 4.78 is 0. The van der Waals surface area contributed by atoms with Gasteiger partial charge in [0.15, 0.2) is 0 Å². The van der Waals surface area contributed by atoms with Gasteiger partial charge in [0.2, 0.25) is 12.3 Å². The molecule has 0 saturated carbocycles. The molecule has 0 unspecified atom stereocenters. The Labute approximate surface area is 94.2 Å². The van der Waals surface area contributed by atoms with Gasteiger partial charge in [-0.25, -0.2) is 0 Å². The van der Waals surface area contributed by atoms with E-state index in [0.717, 1.165) is 6.41 Å². The summed E-state index contributed by atoms with van der Waals surface area (Å²) in [4.78, 5) is 25.9. The molecule has 6 nitrogen and oxygen atoms in total. The summed E-state index contributed by atoms with van der Waals surface area (Å²) >= 11 is 0. The number of amides is 2. The quantitative estimate of drug-likeness (QED) is 0.536. The number of aliphatic hydroxyl groups excluding tert-OH is 1. The van der Waals surface area contributed by atoms with Crippen molar-refractivity contribution < 1.29 is 14.7 Å². The maximum atomic E-state index is 12.0. The molecule has 0 aromatic heterocycles. The Kier molecular flexibility index (Phi) is 3.40. The van der Waals surface area contributed by atoms with Crippen molar-refractivity contribution in [2.75, 3.05) is 32.7 Å². The number of β-amino-alcohol motifs (C(OH)–C–C–N with tert-alkyl or cyclic N) is 1. The molecule has 2 amide bonds. The smallest absolute Gasteiger partial charge is 0.239 e. The van der Waals surface area contributed by atoms with Gasteiger partial charge in [-0.15, -0.1) is 0 Å². The summed E-state index contributed by atoms with van der Waals surface area (Å²) in [6, 6.07) is -0.252. The second-order valence-corrected chi connectivity index (χ2v) is 4.32. The molecular weight excluding hydrogens is 210 g/mol. The van der Waals surface area contributed by atoms with E-state index in [0.29, 0.717) is 39.1 Å². The first-order chi connectivity index (χ1) is 7.70. The van der Waals surface area contributed by atoms with E-state index < -0.39 is 6.10 Å². The minimum Gasteiger partial charge on any atom is -0.392 e. The number of hydrogen-bond acceptors (Lipinski definition) is 4. The topological polar surface area (TPSA) is 72.9 Å². The number of nitrogens with zero attached hydrogens (tertiary/aromatic N) is 2. The minimum absolute atomic E-state index is 0.0436. The third kappa shape index (κ3) is 2.33. The van der Waals surface area contributed by atoms with Crippen LogP contribution in [-0.4, -0.2) is 72.1 Å². The summed E-state index contributed by atoms with van der Waals surface area (Å²) in [5.41, 5.74) is 0. The molecule has 6 heteroatoms. The van der Waals surface area contributed by atoms with Gasteiger partial charge in [0.1, 0.15) is 0 Å². The van der Waals surface area contributed by atoms with Gasteiger partial charge in [-0.1, -0.05) is 0 Å². The predicted octanol–water partition coefficient (Wildman–Crippen LogP) is -1.99. The van der Waals surface area contributed by atoms with Gasteiger partial charge in [0.05, 0.1) is 12.1 Å². The van der Waals surface area contributed by atoms with Gasteiger partial charge in [0.25, 0.3) is 0 Å². The molecule has 2 N–H and O–H groups in total. The highest BCUT2D eigenvalue weighted by molar-refractivity contribution is 5.82. The fourth-order valence-electron chi connectivity index (χ4n) is 2.17. The average Bonchev–Trinajstić information content (AvgIpc) is 2.75. The van der Waals surface area contributed by atoms with E-state index in [1.165, 1.54) is 0 Å².